The maximum atomic E-state index is 12.2. The van der Waals surface area contributed by atoms with Gasteiger partial charge in [-0.15, -0.1) is 0 Å². The van der Waals surface area contributed by atoms with E-state index in [0.717, 1.165) is 43.2 Å². The Morgan fingerprint density at radius 2 is 1.50 bits per heavy atom. The lowest BCUT2D eigenvalue weighted by Crippen LogP contribution is -2.16. The van der Waals surface area contributed by atoms with Crippen LogP contribution in [0.5, 0.6) is 11.5 Å². The number of hydrogen-bond acceptors (Lipinski definition) is 3. The van der Waals surface area contributed by atoms with Gasteiger partial charge >= 0.3 is 6.16 Å². The van der Waals surface area contributed by atoms with Crippen molar-refractivity contribution in [2.45, 2.75) is 52.9 Å². The van der Waals surface area contributed by atoms with Gasteiger partial charge in [0, 0.05) is 0 Å². The number of aryl methyl sites for hydroxylation is 2. The van der Waals surface area contributed by atoms with E-state index in [0.29, 0.717) is 11.5 Å². The van der Waals surface area contributed by atoms with Crippen molar-refractivity contribution in [1.29, 1.82) is 0 Å². The second kappa shape index (κ2) is 9.11. The second-order valence-corrected chi connectivity index (χ2v) is 5.77. The number of ether oxygens (including phenoxy) is 2. The van der Waals surface area contributed by atoms with Gasteiger partial charge in [-0.2, -0.15) is 0 Å². The van der Waals surface area contributed by atoms with Crippen LogP contribution in [0.15, 0.2) is 42.5 Å². The minimum Gasteiger partial charge on any atom is -0.394 e. The molecule has 0 heterocycles. The molecule has 3 heteroatoms. The van der Waals surface area contributed by atoms with Gasteiger partial charge < -0.3 is 9.47 Å². The Bertz CT molecular complexity index is 677. The zero-order valence-corrected chi connectivity index (χ0v) is 14.8. The molecule has 2 rings (SSSR count). The lowest BCUT2D eigenvalue weighted by molar-refractivity contribution is 0.151. The highest BCUT2D eigenvalue weighted by Crippen LogP contribution is 2.25. The smallest absolute Gasteiger partial charge is 0.394 e. The largest absolute Gasteiger partial charge is 0.519 e. The summed E-state index contributed by atoms with van der Waals surface area (Å²) < 4.78 is 10.9. The van der Waals surface area contributed by atoms with Crippen molar-refractivity contribution < 1.29 is 14.3 Å². The van der Waals surface area contributed by atoms with E-state index in [1.807, 2.05) is 36.4 Å². The molecule has 0 unspecified atom stereocenters. The molecule has 128 valence electrons. The van der Waals surface area contributed by atoms with Crippen molar-refractivity contribution in [3.8, 4) is 11.5 Å². The summed E-state index contributed by atoms with van der Waals surface area (Å²) in [4.78, 5) is 12.2. The molecule has 0 aliphatic rings. The average Bonchev–Trinajstić information content (AvgIpc) is 2.60. The van der Waals surface area contributed by atoms with Gasteiger partial charge in [0.15, 0.2) is 0 Å². The highest BCUT2D eigenvalue weighted by atomic mass is 16.7. The number of carbonyl (C=O) groups excluding carboxylic acids is 1. The monoisotopic (exact) mass is 326 g/mol. The zero-order valence-electron chi connectivity index (χ0n) is 14.8. The van der Waals surface area contributed by atoms with E-state index in [1.165, 1.54) is 5.56 Å². The van der Waals surface area contributed by atoms with Crippen LogP contribution >= 0.6 is 0 Å². The van der Waals surface area contributed by atoms with Gasteiger partial charge in [-0.1, -0.05) is 57.5 Å². The Balaban J connectivity index is 2.12. The van der Waals surface area contributed by atoms with Crippen molar-refractivity contribution in [3.63, 3.8) is 0 Å². The van der Waals surface area contributed by atoms with E-state index in [-0.39, 0.29) is 0 Å². The molecular weight excluding hydrogens is 300 g/mol. The summed E-state index contributed by atoms with van der Waals surface area (Å²) in [5.41, 5.74) is 3.30. The Hall–Kier alpha value is -2.29. The average molecular weight is 326 g/mol. The van der Waals surface area contributed by atoms with Crippen molar-refractivity contribution in [2.75, 3.05) is 0 Å². The maximum Gasteiger partial charge on any atom is 0.519 e. The number of para-hydroxylation sites is 1. The maximum absolute atomic E-state index is 12.2. The Kier molecular flexibility index (Phi) is 6.86. The summed E-state index contributed by atoms with van der Waals surface area (Å²) in [6.45, 7) is 6.30. The van der Waals surface area contributed by atoms with Gasteiger partial charge in [0.05, 0.1) is 0 Å². The summed E-state index contributed by atoms with van der Waals surface area (Å²) in [5, 5.41) is 0. The van der Waals surface area contributed by atoms with Crippen LogP contribution in [0.3, 0.4) is 0 Å². The minimum absolute atomic E-state index is 0.584. The summed E-state index contributed by atoms with van der Waals surface area (Å²) >= 11 is 0. The highest BCUT2D eigenvalue weighted by molar-refractivity contribution is 5.68. The van der Waals surface area contributed by atoms with Crippen LogP contribution in [0, 0.1) is 0 Å². The van der Waals surface area contributed by atoms with Gasteiger partial charge in [-0.3, -0.25) is 0 Å². The Morgan fingerprint density at radius 3 is 2.21 bits per heavy atom. The number of hydrogen-bond donors (Lipinski definition) is 0. The number of unbranched alkanes of at least 4 members (excludes halogenated alkanes) is 1. The zero-order chi connectivity index (χ0) is 17.4. The molecule has 0 fully saturated rings. The number of carbonyl (C=O) groups is 1. The first kappa shape index (κ1) is 18.1. The van der Waals surface area contributed by atoms with Gasteiger partial charge in [0.1, 0.15) is 11.5 Å². The summed E-state index contributed by atoms with van der Waals surface area (Å²) in [6, 6.07) is 13.4. The van der Waals surface area contributed by atoms with E-state index in [9.17, 15) is 4.79 Å². The third kappa shape index (κ3) is 4.60. The predicted molar refractivity (Wildman–Crippen MR) is 96.9 cm³/mol. The van der Waals surface area contributed by atoms with Crippen molar-refractivity contribution in [3.05, 3.63) is 59.2 Å². The Morgan fingerprint density at radius 1 is 0.833 bits per heavy atom. The molecule has 0 bridgehead atoms. The van der Waals surface area contributed by atoms with Gasteiger partial charge in [0.2, 0.25) is 0 Å². The van der Waals surface area contributed by atoms with Gasteiger partial charge in [0.25, 0.3) is 0 Å². The highest BCUT2D eigenvalue weighted by Gasteiger charge is 2.14. The van der Waals surface area contributed by atoms with E-state index >= 15 is 0 Å². The summed E-state index contributed by atoms with van der Waals surface area (Å²) in [6.07, 6.45) is 4.11. The fourth-order valence-corrected chi connectivity index (χ4v) is 2.82. The molecule has 0 aliphatic carbocycles. The first-order valence-electron chi connectivity index (χ1n) is 8.77. The first-order chi connectivity index (χ1) is 11.7. The topological polar surface area (TPSA) is 35.5 Å². The molecule has 0 N–H and O–H groups in total. The molecule has 0 amide bonds. The molecule has 0 aliphatic heterocycles. The lowest BCUT2D eigenvalue weighted by Gasteiger charge is -2.13. The van der Waals surface area contributed by atoms with Crippen LogP contribution in [-0.4, -0.2) is 6.16 Å². The number of benzene rings is 2. The third-order valence-electron chi connectivity index (χ3n) is 4.12. The molecular formula is C21H26O3. The van der Waals surface area contributed by atoms with Gasteiger partial charge in [-0.05, 0) is 54.5 Å². The molecule has 2 aromatic rings. The number of rotatable bonds is 7. The minimum atomic E-state index is -0.679. The second-order valence-electron chi connectivity index (χ2n) is 5.77. The van der Waals surface area contributed by atoms with Crippen LogP contribution in [0.4, 0.5) is 4.79 Å². The van der Waals surface area contributed by atoms with E-state index in [2.05, 4.69) is 26.8 Å². The molecule has 0 saturated heterocycles. The first-order valence-corrected chi connectivity index (χ1v) is 8.77. The van der Waals surface area contributed by atoms with Crippen LogP contribution in [0.2, 0.25) is 0 Å². The van der Waals surface area contributed by atoms with Gasteiger partial charge in [-0.25, -0.2) is 4.79 Å². The van der Waals surface area contributed by atoms with E-state index in [4.69, 9.17) is 9.47 Å². The van der Waals surface area contributed by atoms with Crippen LogP contribution < -0.4 is 9.47 Å². The molecule has 0 aromatic heterocycles. The fourth-order valence-electron chi connectivity index (χ4n) is 2.82. The molecule has 2 aromatic carbocycles. The predicted octanol–water partition coefficient (Wildman–Crippen LogP) is 5.73. The normalized spacial score (nSPS) is 10.5. The summed E-state index contributed by atoms with van der Waals surface area (Å²) in [5.74, 6) is 1.17. The van der Waals surface area contributed by atoms with E-state index < -0.39 is 6.16 Å². The molecule has 3 nitrogen and oxygen atoms in total. The lowest BCUT2D eigenvalue weighted by atomic mass is 10.0. The molecule has 0 atom stereocenters. The van der Waals surface area contributed by atoms with Crippen LogP contribution in [0.1, 0.15) is 50.3 Å². The van der Waals surface area contributed by atoms with Crippen molar-refractivity contribution >= 4 is 6.16 Å². The standard InChI is InChI=1S/C21H26O3/c1-4-7-11-17-12-8-9-14-19(17)23-21(22)24-20-15-10-13-16(5-2)18(20)6-3/h8-10,12-15H,4-7,11H2,1-3H3. The van der Waals surface area contributed by atoms with Crippen LogP contribution in [-0.2, 0) is 19.3 Å². The fraction of sp³-hybridized carbons (Fsp3) is 0.381. The summed E-state index contributed by atoms with van der Waals surface area (Å²) in [7, 11) is 0. The quantitative estimate of drug-likeness (QED) is 0.481. The third-order valence-corrected chi connectivity index (χ3v) is 4.12. The molecule has 0 radical (unpaired) electrons. The SMILES string of the molecule is CCCCc1ccccc1OC(=O)Oc1cccc(CC)c1CC. The molecule has 24 heavy (non-hydrogen) atoms. The molecule has 0 spiro atoms. The Labute approximate surface area is 144 Å². The molecule has 0 saturated carbocycles. The van der Waals surface area contributed by atoms with Crippen molar-refractivity contribution in [2.24, 2.45) is 0 Å². The van der Waals surface area contributed by atoms with Crippen LogP contribution in [0.25, 0.3) is 0 Å². The van der Waals surface area contributed by atoms with Crippen molar-refractivity contribution in [1.82, 2.24) is 0 Å². The van der Waals surface area contributed by atoms with E-state index in [1.54, 1.807) is 0 Å².